The van der Waals surface area contributed by atoms with Gasteiger partial charge in [0.25, 0.3) is 0 Å². The Labute approximate surface area is 112 Å². The number of hydrogen-bond acceptors (Lipinski definition) is 5. The van der Waals surface area contributed by atoms with Gasteiger partial charge in [-0.05, 0) is 25.7 Å². The maximum Gasteiger partial charge on any atom is 0.225 e. The zero-order chi connectivity index (χ0) is 13.2. The Bertz CT molecular complexity index is 454. The van der Waals surface area contributed by atoms with Crippen molar-refractivity contribution in [1.82, 2.24) is 15.0 Å². The quantitative estimate of drug-likeness (QED) is 0.830. The van der Waals surface area contributed by atoms with E-state index < -0.39 is 0 Å². The van der Waals surface area contributed by atoms with Crippen LogP contribution in [0.15, 0.2) is 4.52 Å². The van der Waals surface area contributed by atoms with Crippen LogP contribution >= 0.6 is 0 Å². The van der Waals surface area contributed by atoms with Crippen molar-refractivity contribution < 1.29 is 14.1 Å². The van der Waals surface area contributed by atoms with Gasteiger partial charge in [0.2, 0.25) is 11.8 Å². The molecule has 3 heterocycles. The van der Waals surface area contributed by atoms with Crippen molar-refractivity contribution in [2.75, 3.05) is 13.2 Å². The molecule has 0 aromatic carbocycles. The average Bonchev–Trinajstić information content (AvgIpc) is 3.07. The normalized spacial score (nSPS) is 27.1. The summed E-state index contributed by atoms with van der Waals surface area (Å²) in [4.78, 5) is 18.5. The van der Waals surface area contributed by atoms with Crippen molar-refractivity contribution in [2.24, 2.45) is 0 Å². The summed E-state index contributed by atoms with van der Waals surface area (Å²) >= 11 is 0. The van der Waals surface area contributed by atoms with Gasteiger partial charge < -0.3 is 14.2 Å². The van der Waals surface area contributed by atoms with E-state index in [0.717, 1.165) is 38.8 Å². The smallest absolute Gasteiger partial charge is 0.225 e. The van der Waals surface area contributed by atoms with E-state index >= 15 is 0 Å². The van der Waals surface area contributed by atoms with Crippen LogP contribution < -0.4 is 0 Å². The lowest BCUT2D eigenvalue weighted by molar-refractivity contribution is -0.134. The van der Waals surface area contributed by atoms with Crippen LogP contribution in [0.3, 0.4) is 0 Å². The molecular formula is C13H19N3O3. The van der Waals surface area contributed by atoms with E-state index in [1.165, 1.54) is 0 Å². The lowest BCUT2D eigenvalue weighted by Gasteiger charge is -2.23. The molecule has 104 valence electrons. The van der Waals surface area contributed by atoms with Crippen LogP contribution in [0, 0.1) is 6.92 Å². The lowest BCUT2D eigenvalue weighted by Crippen LogP contribution is -2.33. The van der Waals surface area contributed by atoms with Crippen molar-refractivity contribution in [3.05, 3.63) is 11.7 Å². The third-order valence-corrected chi connectivity index (χ3v) is 3.84. The topological polar surface area (TPSA) is 68.5 Å². The number of hydrogen-bond donors (Lipinski definition) is 0. The summed E-state index contributed by atoms with van der Waals surface area (Å²) in [5.74, 6) is 1.33. The first-order valence-electron chi connectivity index (χ1n) is 6.95. The second-order valence-corrected chi connectivity index (χ2v) is 5.26. The molecule has 1 aromatic rings. The number of carbonyl (C=O) groups excluding carboxylic acids is 1. The molecule has 1 aromatic heterocycles. The SMILES string of the molecule is Cc1nc([C@@H]2CCCN2C(=O)C[C@@H]2CCCO2)no1. The monoisotopic (exact) mass is 265 g/mol. The Morgan fingerprint density at radius 1 is 1.42 bits per heavy atom. The Kier molecular flexibility index (Phi) is 3.50. The number of amides is 1. The molecule has 3 rings (SSSR count). The van der Waals surface area contributed by atoms with Gasteiger partial charge in [-0.2, -0.15) is 4.98 Å². The summed E-state index contributed by atoms with van der Waals surface area (Å²) in [7, 11) is 0. The predicted molar refractivity (Wildman–Crippen MR) is 66.3 cm³/mol. The fourth-order valence-electron chi connectivity index (χ4n) is 2.90. The fraction of sp³-hybridized carbons (Fsp3) is 0.769. The molecule has 6 nitrogen and oxygen atoms in total. The van der Waals surface area contributed by atoms with Gasteiger partial charge in [0.05, 0.1) is 18.6 Å². The second kappa shape index (κ2) is 5.28. The van der Waals surface area contributed by atoms with Crippen LogP contribution in [0.2, 0.25) is 0 Å². The molecule has 6 heteroatoms. The third kappa shape index (κ3) is 2.63. The number of aryl methyl sites for hydroxylation is 1. The number of nitrogens with zero attached hydrogens (tertiary/aromatic N) is 3. The van der Waals surface area contributed by atoms with Crippen molar-refractivity contribution in [2.45, 2.75) is 51.2 Å². The van der Waals surface area contributed by atoms with E-state index in [0.29, 0.717) is 18.1 Å². The predicted octanol–water partition coefficient (Wildman–Crippen LogP) is 1.61. The van der Waals surface area contributed by atoms with E-state index in [1.54, 1.807) is 6.92 Å². The van der Waals surface area contributed by atoms with Gasteiger partial charge in [-0.1, -0.05) is 5.16 Å². The summed E-state index contributed by atoms with van der Waals surface area (Å²) in [5.41, 5.74) is 0. The lowest BCUT2D eigenvalue weighted by atomic mass is 10.1. The molecule has 0 saturated carbocycles. The first-order chi connectivity index (χ1) is 9.24. The van der Waals surface area contributed by atoms with Crippen LogP contribution in [0.5, 0.6) is 0 Å². The molecule has 19 heavy (non-hydrogen) atoms. The Hall–Kier alpha value is -1.43. The zero-order valence-electron chi connectivity index (χ0n) is 11.2. The van der Waals surface area contributed by atoms with Crippen molar-refractivity contribution in [3.8, 4) is 0 Å². The van der Waals surface area contributed by atoms with E-state index in [-0.39, 0.29) is 18.1 Å². The molecule has 0 spiro atoms. The highest BCUT2D eigenvalue weighted by molar-refractivity contribution is 5.77. The molecule has 1 amide bonds. The summed E-state index contributed by atoms with van der Waals surface area (Å²) in [6.07, 6.45) is 4.54. The van der Waals surface area contributed by atoms with E-state index in [4.69, 9.17) is 9.26 Å². The van der Waals surface area contributed by atoms with Gasteiger partial charge in [-0.3, -0.25) is 4.79 Å². The number of aromatic nitrogens is 2. The molecule has 2 saturated heterocycles. The average molecular weight is 265 g/mol. The minimum Gasteiger partial charge on any atom is -0.378 e. The third-order valence-electron chi connectivity index (χ3n) is 3.84. The van der Waals surface area contributed by atoms with Crippen LogP contribution in [-0.2, 0) is 9.53 Å². The van der Waals surface area contributed by atoms with E-state index in [1.807, 2.05) is 4.90 Å². The summed E-state index contributed by atoms with van der Waals surface area (Å²) in [5, 5.41) is 3.95. The fourth-order valence-corrected chi connectivity index (χ4v) is 2.90. The first-order valence-corrected chi connectivity index (χ1v) is 6.95. The van der Waals surface area contributed by atoms with Gasteiger partial charge in [-0.15, -0.1) is 0 Å². The van der Waals surface area contributed by atoms with Gasteiger partial charge in [0, 0.05) is 20.1 Å². The zero-order valence-corrected chi connectivity index (χ0v) is 11.2. The van der Waals surface area contributed by atoms with Crippen molar-refractivity contribution in [1.29, 1.82) is 0 Å². The van der Waals surface area contributed by atoms with E-state index in [2.05, 4.69) is 10.1 Å². The molecule has 0 bridgehead atoms. The number of ether oxygens (including phenoxy) is 1. The number of carbonyl (C=O) groups is 1. The second-order valence-electron chi connectivity index (χ2n) is 5.26. The number of rotatable bonds is 3. The summed E-state index contributed by atoms with van der Waals surface area (Å²) in [6, 6.07) is -0.0219. The standard InChI is InChI=1S/C13H19N3O3/c1-9-14-13(15-19-9)11-5-2-6-16(11)12(17)8-10-4-3-7-18-10/h10-11H,2-8H2,1H3/t10-,11-/m0/s1. The number of likely N-dealkylation sites (tertiary alicyclic amines) is 1. The minimum atomic E-state index is -0.0219. The van der Waals surface area contributed by atoms with Gasteiger partial charge in [0.1, 0.15) is 0 Å². The summed E-state index contributed by atoms with van der Waals surface area (Å²) in [6.45, 7) is 3.33. The summed E-state index contributed by atoms with van der Waals surface area (Å²) < 4.78 is 10.5. The largest absolute Gasteiger partial charge is 0.378 e. The Morgan fingerprint density at radius 2 is 2.32 bits per heavy atom. The van der Waals surface area contributed by atoms with Gasteiger partial charge in [-0.25, -0.2) is 0 Å². The first kappa shape index (κ1) is 12.6. The highest BCUT2D eigenvalue weighted by Crippen LogP contribution is 2.31. The van der Waals surface area contributed by atoms with Crippen LogP contribution in [0.4, 0.5) is 0 Å². The Morgan fingerprint density at radius 3 is 3.00 bits per heavy atom. The van der Waals surface area contributed by atoms with Crippen LogP contribution in [-0.4, -0.2) is 40.2 Å². The van der Waals surface area contributed by atoms with Gasteiger partial charge >= 0.3 is 0 Å². The van der Waals surface area contributed by atoms with Crippen molar-refractivity contribution >= 4 is 5.91 Å². The highest BCUT2D eigenvalue weighted by Gasteiger charge is 2.34. The molecule has 0 N–H and O–H groups in total. The molecule has 2 aliphatic heterocycles. The molecule has 2 atom stereocenters. The molecule has 0 aliphatic carbocycles. The minimum absolute atomic E-state index is 0.0219. The molecule has 0 unspecified atom stereocenters. The molecule has 0 radical (unpaired) electrons. The maximum atomic E-state index is 12.4. The maximum absolute atomic E-state index is 12.4. The van der Waals surface area contributed by atoms with Crippen LogP contribution in [0.1, 0.15) is 49.9 Å². The van der Waals surface area contributed by atoms with Crippen LogP contribution in [0.25, 0.3) is 0 Å². The molecule has 2 aliphatic rings. The highest BCUT2D eigenvalue weighted by atomic mass is 16.5. The Balaban J connectivity index is 1.66. The van der Waals surface area contributed by atoms with Crippen molar-refractivity contribution in [3.63, 3.8) is 0 Å². The van der Waals surface area contributed by atoms with E-state index in [9.17, 15) is 4.79 Å². The van der Waals surface area contributed by atoms with Gasteiger partial charge in [0.15, 0.2) is 5.82 Å². The molecule has 2 fully saturated rings. The molecular weight excluding hydrogens is 246 g/mol.